The van der Waals surface area contributed by atoms with Crippen molar-refractivity contribution < 1.29 is 4.74 Å². The molecule has 0 radical (unpaired) electrons. The van der Waals surface area contributed by atoms with Gasteiger partial charge < -0.3 is 9.64 Å². The topological polar surface area (TPSA) is 90.7 Å². The van der Waals surface area contributed by atoms with Gasteiger partial charge in [-0.05, 0) is 19.1 Å². The predicted octanol–water partition coefficient (Wildman–Crippen LogP) is 0.999. The van der Waals surface area contributed by atoms with Crippen LogP contribution in [0.15, 0.2) is 18.3 Å². The maximum absolute atomic E-state index is 8.98. The van der Waals surface area contributed by atoms with E-state index in [1.54, 1.807) is 13.3 Å². The van der Waals surface area contributed by atoms with Gasteiger partial charge in [0.2, 0.25) is 0 Å². The van der Waals surface area contributed by atoms with Crippen molar-refractivity contribution in [3.8, 4) is 6.07 Å². The lowest BCUT2D eigenvalue weighted by Crippen LogP contribution is -2.23. The van der Waals surface area contributed by atoms with Crippen LogP contribution < -0.4 is 4.90 Å². The smallest absolute Gasteiger partial charge is 0.128 e. The first-order valence-corrected chi connectivity index (χ1v) is 6.74. The van der Waals surface area contributed by atoms with Crippen molar-refractivity contribution in [2.24, 2.45) is 0 Å². The number of methoxy groups -OCH3 is 1. The highest BCUT2D eigenvalue weighted by atomic mass is 16.5. The Morgan fingerprint density at radius 1 is 1.43 bits per heavy atom. The fourth-order valence-electron chi connectivity index (χ4n) is 2.72. The van der Waals surface area contributed by atoms with E-state index in [0.717, 1.165) is 30.3 Å². The molecule has 21 heavy (non-hydrogen) atoms. The molecule has 1 aliphatic rings. The molecule has 0 amide bonds. The Balaban J connectivity index is 1.85. The van der Waals surface area contributed by atoms with Crippen molar-refractivity contribution in [2.75, 3.05) is 25.1 Å². The van der Waals surface area contributed by atoms with E-state index in [-0.39, 0.29) is 12.0 Å². The van der Waals surface area contributed by atoms with Crippen molar-refractivity contribution in [2.45, 2.75) is 18.9 Å². The van der Waals surface area contributed by atoms with E-state index in [2.05, 4.69) is 31.4 Å². The second-order valence-electron chi connectivity index (χ2n) is 5.09. The highest BCUT2D eigenvalue weighted by Gasteiger charge is 2.36. The van der Waals surface area contributed by atoms with Gasteiger partial charge in [0.1, 0.15) is 11.9 Å². The number of aromatic amines is 1. The molecule has 1 saturated heterocycles. The minimum Gasteiger partial charge on any atom is -0.379 e. The summed E-state index contributed by atoms with van der Waals surface area (Å²) in [5.74, 6) is 1.02. The average Bonchev–Trinajstić information content (AvgIpc) is 3.15. The zero-order valence-electron chi connectivity index (χ0n) is 11.9. The first-order valence-electron chi connectivity index (χ1n) is 6.74. The van der Waals surface area contributed by atoms with Crippen LogP contribution in [0.25, 0.3) is 0 Å². The van der Waals surface area contributed by atoms with Gasteiger partial charge in [0, 0.05) is 20.2 Å². The number of hydrogen-bond donors (Lipinski definition) is 1. The van der Waals surface area contributed by atoms with Gasteiger partial charge in [-0.1, -0.05) is 0 Å². The number of nitriles is 1. The lowest BCUT2D eigenvalue weighted by atomic mass is 10.0. The zero-order valence-corrected chi connectivity index (χ0v) is 11.9. The molecule has 1 N–H and O–H groups in total. The number of nitrogens with zero attached hydrogens (tertiary/aromatic N) is 5. The number of rotatable bonds is 3. The second kappa shape index (κ2) is 5.50. The van der Waals surface area contributed by atoms with Crippen molar-refractivity contribution in [3.63, 3.8) is 0 Å². The van der Waals surface area contributed by atoms with Crippen molar-refractivity contribution in [1.29, 1.82) is 5.26 Å². The maximum Gasteiger partial charge on any atom is 0.128 e. The molecule has 3 rings (SSSR count). The molecule has 0 aliphatic carbocycles. The van der Waals surface area contributed by atoms with Crippen molar-refractivity contribution in [3.05, 3.63) is 35.3 Å². The van der Waals surface area contributed by atoms with E-state index >= 15 is 0 Å². The van der Waals surface area contributed by atoms with Crippen molar-refractivity contribution in [1.82, 2.24) is 20.4 Å². The van der Waals surface area contributed by atoms with E-state index in [1.165, 1.54) is 0 Å². The van der Waals surface area contributed by atoms with E-state index in [1.807, 2.05) is 19.1 Å². The molecule has 0 unspecified atom stereocenters. The molecule has 3 heterocycles. The Hall–Kier alpha value is -2.46. The molecule has 108 valence electrons. The van der Waals surface area contributed by atoms with Crippen LogP contribution in [0.5, 0.6) is 0 Å². The highest BCUT2D eigenvalue weighted by Crippen LogP contribution is 2.30. The average molecular weight is 284 g/mol. The van der Waals surface area contributed by atoms with E-state index in [0.29, 0.717) is 5.56 Å². The Bertz CT molecular complexity index is 663. The number of ether oxygens (including phenoxy) is 1. The van der Waals surface area contributed by atoms with Crippen LogP contribution in [0, 0.1) is 18.3 Å². The Morgan fingerprint density at radius 2 is 2.29 bits per heavy atom. The second-order valence-corrected chi connectivity index (χ2v) is 5.09. The van der Waals surface area contributed by atoms with E-state index < -0.39 is 0 Å². The summed E-state index contributed by atoms with van der Waals surface area (Å²) >= 11 is 0. The SMILES string of the molecule is CO[C@@H]1CN(c2ccc(C#N)c(C)n2)C[C@H]1c1cn[nH]n1. The predicted molar refractivity (Wildman–Crippen MR) is 75.8 cm³/mol. The molecule has 0 spiro atoms. The molecule has 0 aromatic carbocycles. The fraction of sp³-hybridized carbons (Fsp3) is 0.429. The number of hydrogen-bond acceptors (Lipinski definition) is 6. The van der Waals surface area contributed by atoms with Crippen molar-refractivity contribution >= 4 is 5.82 Å². The first-order chi connectivity index (χ1) is 10.2. The van der Waals surface area contributed by atoms with Gasteiger partial charge in [0.05, 0.1) is 35.2 Å². The van der Waals surface area contributed by atoms with Crippen LogP contribution in [0.1, 0.15) is 22.9 Å². The summed E-state index contributed by atoms with van der Waals surface area (Å²) in [5, 5.41) is 19.7. The summed E-state index contributed by atoms with van der Waals surface area (Å²) in [5.41, 5.74) is 2.25. The summed E-state index contributed by atoms with van der Waals surface area (Å²) in [7, 11) is 1.71. The van der Waals surface area contributed by atoms with Gasteiger partial charge in [-0.15, -0.1) is 0 Å². The van der Waals surface area contributed by atoms with Gasteiger partial charge in [-0.25, -0.2) is 4.98 Å². The summed E-state index contributed by atoms with van der Waals surface area (Å²) in [6.45, 7) is 3.36. The Morgan fingerprint density at radius 3 is 2.90 bits per heavy atom. The summed E-state index contributed by atoms with van der Waals surface area (Å²) in [6, 6.07) is 5.82. The van der Waals surface area contributed by atoms with Gasteiger partial charge in [-0.3, -0.25) is 0 Å². The lowest BCUT2D eigenvalue weighted by molar-refractivity contribution is 0.105. The van der Waals surface area contributed by atoms with Crippen LogP contribution in [-0.2, 0) is 4.74 Å². The largest absolute Gasteiger partial charge is 0.379 e. The molecular weight excluding hydrogens is 268 g/mol. The van der Waals surface area contributed by atoms with Crippen LogP contribution in [-0.4, -0.2) is 46.7 Å². The maximum atomic E-state index is 8.98. The van der Waals surface area contributed by atoms with Gasteiger partial charge in [-0.2, -0.15) is 20.7 Å². The third-order valence-electron chi connectivity index (χ3n) is 3.90. The third-order valence-corrected chi connectivity index (χ3v) is 3.90. The molecule has 0 saturated carbocycles. The summed E-state index contributed by atoms with van der Waals surface area (Å²) < 4.78 is 5.57. The molecule has 2 aromatic rings. The van der Waals surface area contributed by atoms with Crippen LogP contribution >= 0.6 is 0 Å². The minimum atomic E-state index is 0.0489. The van der Waals surface area contributed by atoms with Crippen LogP contribution in [0.3, 0.4) is 0 Å². The van der Waals surface area contributed by atoms with Crippen LogP contribution in [0.2, 0.25) is 0 Å². The normalized spacial score (nSPS) is 21.5. The number of aromatic nitrogens is 4. The molecule has 2 aromatic heterocycles. The molecule has 0 bridgehead atoms. The first kappa shape index (κ1) is 13.5. The number of anilines is 1. The van der Waals surface area contributed by atoms with Gasteiger partial charge in [0.25, 0.3) is 0 Å². The minimum absolute atomic E-state index is 0.0489. The molecule has 2 atom stereocenters. The van der Waals surface area contributed by atoms with E-state index in [4.69, 9.17) is 10.00 Å². The molecule has 7 nitrogen and oxygen atoms in total. The summed E-state index contributed by atoms with van der Waals surface area (Å²) in [4.78, 5) is 6.67. The zero-order chi connectivity index (χ0) is 14.8. The highest BCUT2D eigenvalue weighted by molar-refractivity contribution is 5.47. The Kier molecular flexibility index (Phi) is 3.54. The molecular formula is C14H16N6O. The molecule has 1 aliphatic heterocycles. The molecule has 7 heteroatoms. The number of nitrogens with one attached hydrogen (secondary N) is 1. The third kappa shape index (κ3) is 2.45. The lowest BCUT2D eigenvalue weighted by Gasteiger charge is -2.17. The number of pyridine rings is 1. The van der Waals surface area contributed by atoms with Crippen LogP contribution in [0.4, 0.5) is 5.82 Å². The standard InChI is InChI=1S/C14H16N6O/c1-9-10(5-15)3-4-14(17-9)20-7-11(13(8-20)21-2)12-6-16-19-18-12/h3-4,6,11,13H,7-8H2,1-2H3,(H,16,18,19)/t11-,13+/m0/s1. The Labute approximate surface area is 122 Å². The quantitative estimate of drug-likeness (QED) is 0.904. The molecule has 1 fully saturated rings. The number of H-pyrrole nitrogens is 1. The van der Waals surface area contributed by atoms with Gasteiger partial charge >= 0.3 is 0 Å². The van der Waals surface area contributed by atoms with Gasteiger partial charge in [0.15, 0.2) is 0 Å². The number of aryl methyl sites for hydroxylation is 1. The fourth-order valence-corrected chi connectivity index (χ4v) is 2.72. The monoisotopic (exact) mass is 284 g/mol. The summed E-state index contributed by atoms with van der Waals surface area (Å²) in [6.07, 6.45) is 1.78. The van der Waals surface area contributed by atoms with E-state index in [9.17, 15) is 0 Å².